The Morgan fingerprint density at radius 1 is 0.944 bits per heavy atom. The topological polar surface area (TPSA) is 98.7 Å². The van der Waals surface area contributed by atoms with E-state index < -0.39 is 24.0 Å². The Balaban J connectivity index is 4.47. The zero-order valence-corrected chi connectivity index (χ0v) is 11.7. The quantitative estimate of drug-likeness (QED) is 0.527. The Bertz CT molecular complexity index is 326. The molecule has 0 amide bonds. The van der Waals surface area contributed by atoms with Crippen LogP contribution in [0.25, 0.3) is 0 Å². The van der Waals surface area contributed by atoms with Gasteiger partial charge in [0.05, 0.1) is 0 Å². The summed E-state index contributed by atoms with van der Waals surface area (Å²) in [4.78, 5) is 21.7. The molecule has 4 N–H and O–H groups in total. The van der Waals surface area contributed by atoms with E-state index in [-0.39, 0.29) is 9.98 Å². The fourth-order valence-electron chi connectivity index (χ4n) is 1.12. The maximum atomic E-state index is 10.8. The molecule has 0 aromatic carbocycles. The monoisotopic (exact) mass is 292 g/mol. The van der Waals surface area contributed by atoms with Crippen LogP contribution in [0.4, 0.5) is 0 Å². The van der Waals surface area contributed by atoms with E-state index in [9.17, 15) is 9.59 Å². The van der Waals surface area contributed by atoms with Gasteiger partial charge in [-0.15, -0.1) is 0 Å². The van der Waals surface area contributed by atoms with Crippen LogP contribution in [0.2, 0.25) is 0 Å². The second kappa shape index (κ2) is 7.93. The molecule has 0 aromatic heterocycles. The third kappa shape index (κ3) is 5.37. The van der Waals surface area contributed by atoms with Gasteiger partial charge < -0.3 is 20.8 Å². The van der Waals surface area contributed by atoms with Crippen LogP contribution < -0.4 is 10.6 Å². The fourth-order valence-corrected chi connectivity index (χ4v) is 1.53. The standard InChI is InChI=1S/C10H16N2O4S2/c1-3-5(9(13)14)11-7(17)8(18)12-6(4-2)10(15)16/h5-6H,3-4H2,1-2H3,(H,11,17)(H,12,18)(H,13,14)(H,15,16). The van der Waals surface area contributed by atoms with E-state index in [2.05, 4.69) is 10.6 Å². The summed E-state index contributed by atoms with van der Waals surface area (Å²) in [6, 6.07) is -1.66. The first-order valence-electron chi connectivity index (χ1n) is 5.40. The van der Waals surface area contributed by atoms with Gasteiger partial charge in [-0.25, -0.2) is 9.59 Å². The molecule has 6 nitrogen and oxygen atoms in total. The van der Waals surface area contributed by atoms with Crippen LogP contribution in [0.15, 0.2) is 0 Å². The summed E-state index contributed by atoms with van der Waals surface area (Å²) >= 11 is 9.84. The van der Waals surface area contributed by atoms with Crippen molar-refractivity contribution in [1.82, 2.24) is 10.6 Å². The molecule has 8 heteroatoms. The summed E-state index contributed by atoms with van der Waals surface area (Å²) in [5.74, 6) is -2.07. The summed E-state index contributed by atoms with van der Waals surface area (Å²) in [6.07, 6.45) is 0.683. The lowest BCUT2D eigenvalue weighted by Crippen LogP contribution is -2.49. The summed E-state index contributed by atoms with van der Waals surface area (Å²) < 4.78 is 0. The second-order valence-electron chi connectivity index (χ2n) is 3.55. The molecule has 0 heterocycles. The van der Waals surface area contributed by atoms with E-state index in [1.165, 1.54) is 0 Å². The molecular weight excluding hydrogens is 276 g/mol. The van der Waals surface area contributed by atoms with Crippen molar-refractivity contribution >= 4 is 46.4 Å². The van der Waals surface area contributed by atoms with Gasteiger partial charge in [0.1, 0.15) is 22.1 Å². The highest BCUT2D eigenvalue weighted by atomic mass is 32.1. The van der Waals surface area contributed by atoms with Crippen LogP contribution in [0.3, 0.4) is 0 Å². The maximum Gasteiger partial charge on any atom is 0.326 e. The molecule has 0 aliphatic heterocycles. The molecule has 0 aromatic rings. The minimum Gasteiger partial charge on any atom is -0.480 e. The average molecular weight is 292 g/mol. The van der Waals surface area contributed by atoms with E-state index in [1.807, 2.05) is 0 Å². The lowest BCUT2D eigenvalue weighted by molar-refractivity contribution is -0.140. The number of hydrogen-bond acceptors (Lipinski definition) is 4. The maximum absolute atomic E-state index is 10.8. The lowest BCUT2D eigenvalue weighted by Gasteiger charge is -2.18. The van der Waals surface area contributed by atoms with E-state index in [0.29, 0.717) is 12.8 Å². The van der Waals surface area contributed by atoms with Gasteiger partial charge in [-0.05, 0) is 12.8 Å². The Morgan fingerprint density at radius 3 is 1.39 bits per heavy atom. The summed E-state index contributed by atoms with van der Waals surface area (Å²) in [5.41, 5.74) is 0. The SMILES string of the molecule is CCC(NC(=S)C(=S)NC(CC)C(=O)O)C(=O)O. The molecule has 0 aliphatic carbocycles. The third-order valence-electron chi connectivity index (χ3n) is 2.23. The van der Waals surface area contributed by atoms with E-state index in [4.69, 9.17) is 34.6 Å². The second-order valence-corrected chi connectivity index (χ2v) is 4.36. The zero-order valence-electron chi connectivity index (χ0n) is 10.1. The first-order valence-corrected chi connectivity index (χ1v) is 6.22. The first kappa shape index (κ1) is 16.7. The normalized spacial score (nSPS) is 13.2. The molecule has 0 saturated heterocycles. The van der Waals surface area contributed by atoms with Crippen LogP contribution in [-0.4, -0.2) is 44.2 Å². The third-order valence-corrected chi connectivity index (χ3v) is 3.00. The lowest BCUT2D eigenvalue weighted by atomic mass is 10.2. The number of nitrogens with one attached hydrogen (secondary N) is 2. The van der Waals surface area contributed by atoms with Gasteiger partial charge in [0.25, 0.3) is 0 Å². The molecule has 0 fully saturated rings. The van der Waals surface area contributed by atoms with Crippen molar-refractivity contribution in [3.8, 4) is 0 Å². The minimum absolute atomic E-state index is 0.0407. The van der Waals surface area contributed by atoms with Gasteiger partial charge in [-0.2, -0.15) is 0 Å². The summed E-state index contributed by atoms with van der Waals surface area (Å²) in [5, 5.41) is 22.8. The molecule has 2 unspecified atom stereocenters. The largest absolute Gasteiger partial charge is 0.480 e. The number of carboxylic acids is 2. The summed E-state index contributed by atoms with van der Waals surface area (Å²) in [6.45, 7) is 3.38. The van der Waals surface area contributed by atoms with Crippen molar-refractivity contribution in [2.75, 3.05) is 0 Å². The number of hydrogen-bond donors (Lipinski definition) is 4. The predicted octanol–water partition coefficient (Wildman–Crippen LogP) is 0.547. The van der Waals surface area contributed by atoms with Gasteiger partial charge in [-0.1, -0.05) is 38.3 Å². The van der Waals surface area contributed by atoms with Crippen molar-refractivity contribution < 1.29 is 19.8 Å². The minimum atomic E-state index is -1.03. The molecule has 102 valence electrons. The molecule has 0 aliphatic rings. The number of aliphatic carboxylic acids is 2. The van der Waals surface area contributed by atoms with E-state index in [1.54, 1.807) is 13.8 Å². The molecule has 0 radical (unpaired) electrons. The first-order chi connectivity index (χ1) is 8.33. The Hall–Kier alpha value is -1.28. The average Bonchev–Trinajstić information content (AvgIpc) is 2.31. The fraction of sp³-hybridized carbons (Fsp3) is 0.600. The zero-order chi connectivity index (χ0) is 14.3. The smallest absolute Gasteiger partial charge is 0.326 e. The van der Waals surface area contributed by atoms with Crippen LogP contribution in [0, 0.1) is 0 Å². The molecule has 2 atom stereocenters. The van der Waals surface area contributed by atoms with Crippen LogP contribution in [-0.2, 0) is 9.59 Å². The number of rotatable bonds is 6. The Kier molecular flexibility index (Phi) is 7.37. The van der Waals surface area contributed by atoms with E-state index in [0.717, 1.165) is 0 Å². The van der Waals surface area contributed by atoms with Crippen molar-refractivity contribution in [1.29, 1.82) is 0 Å². The van der Waals surface area contributed by atoms with E-state index >= 15 is 0 Å². The number of carbonyl (C=O) groups is 2. The van der Waals surface area contributed by atoms with Crippen molar-refractivity contribution in [2.24, 2.45) is 0 Å². The van der Waals surface area contributed by atoms with Gasteiger partial charge in [-0.3, -0.25) is 0 Å². The summed E-state index contributed by atoms with van der Waals surface area (Å²) in [7, 11) is 0. The molecule has 0 rings (SSSR count). The Morgan fingerprint density at radius 2 is 1.22 bits per heavy atom. The highest BCUT2D eigenvalue weighted by Crippen LogP contribution is 1.95. The van der Waals surface area contributed by atoms with Crippen LogP contribution in [0.5, 0.6) is 0 Å². The molecule has 18 heavy (non-hydrogen) atoms. The van der Waals surface area contributed by atoms with Gasteiger partial charge >= 0.3 is 11.9 Å². The van der Waals surface area contributed by atoms with Gasteiger partial charge in [0.2, 0.25) is 0 Å². The number of thiocarbonyl (C=S) groups is 2. The van der Waals surface area contributed by atoms with Crippen molar-refractivity contribution in [3.05, 3.63) is 0 Å². The molecular formula is C10H16N2O4S2. The predicted molar refractivity (Wildman–Crippen MR) is 74.9 cm³/mol. The molecule has 0 bridgehead atoms. The molecule has 0 saturated carbocycles. The van der Waals surface area contributed by atoms with Crippen LogP contribution in [0.1, 0.15) is 26.7 Å². The highest BCUT2D eigenvalue weighted by molar-refractivity contribution is 7.89. The van der Waals surface area contributed by atoms with Crippen LogP contribution >= 0.6 is 24.4 Å². The van der Waals surface area contributed by atoms with Crippen molar-refractivity contribution in [2.45, 2.75) is 38.8 Å². The number of carboxylic acid groups (broad SMARTS) is 2. The van der Waals surface area contributed by atoms with Gasteiger partial charge in [0, 0.05) is 0 Å². The van der Waals surface area contributed by atoms with Gasteiger partial charge in [0.15, 0.2) is 0 Å². The molecule has 0 spiro atoms. The Labute approximate surface area is 116 Å². The van der Waals surface area contributed by atoms with Crippen molar-refractivity contribution in [3.63, 3.8) is 0 Å². The highest BCUT2D eigenvalue weighted by Gasteiger charge is 2.21.